The van der Waals surface area contributed by atoms with Crippen LogP contribution in [0.3, 0.4) is 0 Å². The number of sulfonamides is 1. The first-order valence-corrected chi connectivity index (χ1v) is 12.0. The number of nitrogens with zero attached hydrogens (tertiary/aromatic N) is 4. The van der Waals surface area contributed by atoms with Gasteiger partial charge in [-0.2, -0.15) is 5.10 Å². The summed E-state index contributed by atoms with van der Waals surface area (Å²) in [6.07, 6.45) is 0. The normalized spacial score (nSPS) is 11.4. The van der Waals surface area contributed by atoms with Gasteiger partial charge in [-0.1, -0.05) is 36.4 Å². The van der Waals surface area contributed by atoms with E-state index in [4.69, 9.17) is 9.47 Å². The van der Waals surface area contributed by atoms with Gasteiger partial charge in [0.15, 0.2) is 5.82 Å². The summed E-state index contributed by atoms with van der Waals surface area (Å²) in [6, 6.07) is 18.5. The number of nitrogens with one attached hydrogen (secondary N) is 1. The number of rotatable bonds is 8. The van der Waals surface area contributed by atoms with E-state index in [-0.39, 0.29) is 11.4 Å². The average molecular weight is 480 g/mol. The number of hydrogen-bond donors (Lipinski definition) is 1. The largest absolute Gasteiger partial charge is 0.497 e. The third kappa shape index (κ3) is 4.63. The van der Waals surface area contributed by atoms with Crippen LogP contribution in [0, 0.1) is 13.8 Å². The topological polar surface area (TPSA) is 108 Å². The van der Waals surface area contributed by atoms with Gasteiger partial charge in [-0.25, -0.2) is 17.8 Å². The second-order valence-electron chi connectivity index (χ2n) is 7.56. The van der Waals surface area contributed by atoms with Crippen molar-refractivity contribution in [2.24, 2.45) is 0 Å². The van der Waals surface area contributed by atoms with Crippen molar-refractivity contribution in [1.29, 1.82) is 0 Å². The van der Waals surface area contributed by atoms with Crippen molar-refractivity contribution < 1.29 is 17.9 Å². The molecule has 0 bridgehead atoms. The molecule has 0 spiro atoms. The summed E-state index contributed by atoms with van der Waals surface area (Å²) in [5.74, 6) is 1.58. The van der Waals surface area contributed by atoms with Gasteiger partial charge in [-0.05, 0) is 32.0 Å². The second-order valence-corrected chi connectivity index (χ2v) is 9.26. The number of benzene rings is 2. The monoisotopic (exact) mass is 479 g/mol. The van der Waals surface area contributed by atoms with E-state index in [1.165, 1.54) is 11.8 Å². The average Bonchev–Trinajstić information content (AvgIpc) is 3.17. The molecule has 4 aromatic rings. The highest BCUT2D eigenvalue weighted by atomic mass is 32.2. The van der Waals surface area contributed by atoms with E-state index in [1.807, 2.05) is 36.4 Å². The Morgan fingerprint density at radius 2 is 1.71 bits per heavy atom. The summed E-state index contributed by atoms with van der Waals surface area (Å²) in [5, 5.41) is 13.0. The molecule has 2 aromatic heterocycles. The van der Waals surface area contributed by atoms with Crippen LogP contribution in [0.2, 0.25) is 0 Å². The lowest BCUT2D eigenvalue weighted by Crippen LogP contribution is -2.24. The Morgan fingerprint density at radius 3 is 2.35 bits per heavy atom. The van der Waals surface area contributed by atoms with Gasteiger partial charge in [0.2, 0.25) is 10.0 Å². The first-order valence-electron chi connectivity index (χ1n) is 10.5. The lowest BCUT2D eigenvalue weighted by atomic mass is 10.1. The van der Waals surface area contributed by atoms with E-state index >= 15 is 0 Å². The predicted molar refractivity (Wildman–Crippen MR) is 128 cm³/mol. The quantitative estimate of drug-likeness (QED) is 0.412. The van der Waals surface area contributed by atoms with Gasteiger partial charge in [-0.3, -0.25) is 0 Å². The highest BCUT2D eigenvalue weighted by Gasteiger charge is 2.26. The smallest absolute Gasteiger partial charge is 0.244 e. The van der Waals surface area contributed by atoms with Crippen molar-refractivity contribution in [3.63, 3.8) is 0 Å². The van der Waals surface area contributed by atoms with Crippen LogP contribution in [-0.4, -0.2) is 42.6 Å². The van der Waals surface area contributed by atoms with Gasteiger partial charge in [0.05, 0.1) is 31.3 Å². The van der Waals surface area contributed by atoms with E-state index in [1.54, 1.807) is 45.2 Å². The molecule has 0 aliphatic carbocycles. The Bertz CT molecular complexity index is 1400. The maximum Gasteiger partial charge on any atom is 0.244 e. The molecular formula is C24H25N5O4S. The molecule has 0 amide bonds. The molecule has 0 unspecified atom stereocenters. The molecule has 0 saturated carbocycles. The van der Waals surface area contributed by atoms with E-state index < -0.39 is 10.0 Å². The van der Waals surface area contributed by atoms with Crippen LogP contribution >= 0.6 is 0 Å². The molecule has 1 N–H and O–H groups in total. The van der Waals surface area contributed by atoms with Crippen molar-refractivity contribution >= 4 is 10.0 Å². The standard InChI is InChI=1S/C24H25N5O4S/c1-16-24(34(30,31)25-15-19-10-11-20(32-3)14-22(19)33-4)17(2)29(28-16)23-13-12-21(26-27-23)18-8-6-5-7-9-18/h5-14,25H,15H2,1-4H3. The molecule has 176 valence electrons. The Hall–Kier alpha value is -3.76. The molecule has 0 atom stereocenters. The van der Waals surface area contributed by atoms with Crippen LogP contribution in [0.1, 0.15) is 17.0 Å². The van der Waals surface area contributed by atoms with Crippen LogP contribution in [0.5, 0.6) is 11.5 Å². The van der Waals surface area contributed by atoms with Gasteiger partial charge in [0.25, 0.3) is 0 Å². The third-order valence-electron chi connectivity index (χ3n) is 5.38. The SMILES string of the molecule is COc1ccc(CNS(=O)(=O)c2c(C)nn(-c3ccc(-c4ccccc4)nn3)c2C)c(OC)c1. The maximum absolute atomic E-state index is 13.2. The van der Waals surface area contributed by atoms with E-state index in [0.29, 0.717) is 40.0 Å². The van der Waals surface area contributed by atoms with Gasteiger partial charge in [0.1, 0.15) is 16.4 Å². The minimum Gasteiger partial charge on any atom is -0.497 e. The highest BCUT2D eigenvalue weighted by molar-refractivity contribution is 7.89. The predicted octanol–water partition coefficient (Wildman–Crippen LogP) is 3.44. The molecule has 9 nitrogen and oxygen atoms in total. The molecule has 0 fully saturated rings. The van der Waals surface area contributed by atoms with E-state index in [0.717, 1.165) is 5.56 Å². The molecular weight excluding hydrogens is 454 g/mol. The van der Waals surface area contributed by atoms with Crippen molar-refractivity contribution in [3.05, 3.63) is 77.6 Å². The lowest BCUT2D eigenvalue weighted by Gasteiger charge is -2.12. The molecule has 2 aromatic carbocycles. The summed E-state index contributed by atoms with van der Waals surface area (Å²) >= 11 is 0. The van der Waals surface area contributed by atoms with Crippen molar-refractivity contribution in [2.75, 3.05) is 14.2 Å². The van der Waals surface area contributed by atoms with Crippen LogP contribution in [0.4, 0.5) is 0 Å². The lowest BCUT2D eigenvalue weighted by molar-refractivity contribution is 0.390. The fraction of sp³-hybridized carbons (Fsp3) is 0.208. The maximum atomic E-state index is 13.2. The summed E-state index contributed by atoms with van der Waals surface area (Å²) in [7, 11) is -0.789. The molecule has 0 aliphatic rings. The first-order chi connectivity index (χ1) is 16.3. The van der Waals surface area contributed by atoms with Gasteiger partial charge in [-0.15, -0.1) is 10.2 Å². The number of aryl methyl sites for hydroxylation is 1. The molecule has 2 heterocycles. The molecule has 0 radical (unpaired) electrons. The van der Waals surface area contributed by atoms with Gasteiger partial charge in [0, 0.05) is 23.7 Å². The van der Waals surface area contributed by atoms with Gasteiger partial charge >= 0.3 is 0 Å². The molecule has 34 heavy (non-hydrogen) atoms. The summed E-state index contributed by atoms with van der Waals surface area (Å²) in [6.45, 7) is 3.39. The van der Waals surface area contributed by atoms with Crippen molar-refractivity contribution in [2.45, 2.75) is 25.3 Å². The third-order valence-corrected chi connectivity index (χ3v) is 7.03. The van der Waals surface area contributed by atoms with E-state index in [2.05, 4.69) is 20.0 Å². The molecule has 10 heteroatoms. The Balaban J connectivity index is 1.59. The zero-order valence-electron chi connectivity index (χ0n) is 19.3. The minimum atomic E-state index is -3.87. The summed E-state index contributed by atoms with van der Waals surface area (Å²) in [4.78, 5) is 0.105. The zero-order chi connectivity index (χ0) is 24.3. The van der Waals surface area contributed by atoms with Gasteiger partial charge < -0.3 is 9.47 Å². The first kappa shape index (κ1) is 23.4. The number of aromatic nitrogens is 4. The Morgan fingerprint density at radius 1 is 0.941 bits per heavy atom. The molecule has 0 saturated heterocycles. The van der Waals surface area contributed by atoms with E-state index in [9.17, 15) is 8.42 Å². The number of hydrogen-bond acceptors (Lipinski definition) is 7. The molecule has 4 rings (SSSR count). The number of methoxy groups -OCH3 is 2. The fourth-order valence-electron chi connectivity index (χ4n) is 3.68. The minimum absolute atomic E-state index is 0.0468. The number of ether oxygens (including phenoxy) is 2. The summed E-state index contributed by atoms with van der Waals surface area (Å²) < 4.78 is 41.1. The van der Waals surface area contributed by atoms with Crippen LogP contribution < -0.4 is 14.2 Å². The van der Waals surface area contributed by atoms with Crippen molar-refractivity contribution in [3.8, 4) is 28.6 Å². The Labute approximate surface area is 198 Å². The summed E-state index contributed by atoms with van der Waals surface area (Å²) in [5.41, 5.74) is 3.14. The zero-order valence-corrected chi connectivity index (χ0v) is 20.1. The van der Waals surface area contributed by atoms with Crippen LogP contribution in [0.25, 0.3) is 17.1 Å². The second kappa shape index (κ2) is 9.62. The highest BCUT2D eigenvalue weighted by Crippen LogP contribution is 2.26. The van der Waals surface area contributed by atoms with Crippen LogP contribution in [-0.2, 0) is 16.6 Å². The van der Waals surface area contributed by atoms with Crippen molar-refractivity contribution in [1.82, 2.24) is 24.7 Å². The fourth-order valence-corrected chi connectivity index (χ4v) is 5.08. The Kier molecular flexibility index (Phi) is 6.62. The van der Waals surface area contributed by atoms with Crippen LogP contribution in [0.15, 0.2) is 65.6 Å². The molecule has 0 aliphatic heterocycles.